The number of aliphatic carboxylic acids is 1. The minimum Gasteiger partial charge on any atom is -0.497 e. The van der Waals surface area contributed by atoms with Crippen molar-refractivity contribution in [2.24, 2.45) is 0 Å². The highest BCUT2D eigenvalue weighted by molar-refractivity contribution is 5.86. The maximum absolute atomic E-state index is 11.8. The smallest absolute Gasteiger partial charge is 0.326 e. The summed E-state index contributed by atoms with van der Waals surface area (Å²) < 4.78 is 10.5. The Bertz CT molecular complexity index is 457. The first kappa shape index (κ1) is 15.8. The second kappa shape index (κ2) is 7.37. The van der Waals surface area contributed by atoms with Crippen LogP contribution in [0.15, 0.2) is 24.3 Å². The molecule has 0 heterocycles. The highest BCUT2D eigenvalue weighted by Crippen LogP contribution is 2.18. The van der Waals surface area contributed by atoms with Gasteiger partial charge in [-0.05, 0) is 37.6 Å². The van der Waals surface area contributed by atoms with Gasteiger partial charge < -0.3 is 19.9 Å². The lowest BCUT2D eigenvalue weighted by atomic mass is 10.2. The molecule has 6 heteroatoms. The van der Waals surface area contributed by atoms with Crippen molar-refractivity contribution in [3.05, 3.63) is 24.3 Å². The number of carbonyl (C=O) groups is 2. The van der Waals surface area contributed by atoms with Gasteiger partial charge in [0.1, 0.15) is 17.5 Å². The summed E-state index contributed by atoms with van der Waals surface area (Å²) in [5.41, 5.74) is 0. The van der Waals surface area contributed by atoms with Crippen LogP contribution >= 0.6 is 0 Å². The van der Waals surface area contributed by atoms with Gasteiger partial charge in [0.15, 0.2) is 6.10 Å². The van der Waals surface area contributed by atoms with Crippen molar-refractivity contribution in [3.8, 4) is 11.5 Å². The average Bonchev–Trinajstić information content (AvgIpc) is 2.44. The molecule has 6 nitrogen and oxygen atoms in total. The van der Waals surface area contributed by atoms with Gasteiger partial charge in [-0.1, -0.05) is 6.92 Å². The van der Waals surface area contributed by atoms with E-state index in [0.717, 1.165) is 0 Å². The van der Waals surface area contributed by atoms with Crippen molar-refractivity contribution in [1.29, 1.82) is 0 Å². The number of carboxylic acids is 1. The number of ether oxygens (including phenoxy) is 2. The van der Waals surface area contributed by atoms with E-state index < -0.39 is 24.0 Å². The van der Waals surface area contributed by atoms with Gasteiger partial charge in [-0.3, -0.25) is 4.79 Å². The van der Waals surface area contributed by atoms with Gasteiger partial charge in [0.05, 0.1) is 7.11 Å². The van der Waals surface area contributed by atoms with Crippen molar-refractivity contribution in [2.45, 2.75) is 32.4 Å². The number of benzene rings is 1. The number of hydrogen-bond acceptors (Lipinski definition) is 4. The van der Waals surface area contributed by atoms with Crippen molar-refractivity contribution in [3.63, 3.8) is 0 Å². The Morgan fingerprint density at radius 3 is 2.25 bits per heavy atom. The molecule has 0 aliphatic rings. The van der Waals surface area contributed by atoms with Crippen LogP contribution in [-0.2, 0) is 9.59 Å². The highest BCUT2D eigenvalue weighted by atomic mass is 16.5. The molecule has 0 bridgehead atoms. The molecule has 1 unspecified atom stereocenters. The quantitative estimate of drug-likeness (QED) is 0.790. The fraction of sp³-hybridized carbons (Fsp3) is 0.429. The molecule has 1 aromatic rings. The largest absolute Gasteiger partial charge is 0.497 e. The second-order valence-electron chi connectivity index (χ2n) is 4.24. The minimum absolute atomic E-state index is 0.316. The molecule has 110 valence electrons. The number of methoxy groups -OCH3 is 1. The van der Waals surface area contributed by atoms with Gasteiger partial charge in [0, 0.05) is 0 Å². The first-order chi connectivity index (χ1) is 9.47. The molecule has 1 amide bonds. The van der Waals surface area contributed by atoms with E-state index in [1.807, 2.05) is 0 Å². The summed E-state index contributed by atoms with van der Waals surface area (Å²) in [6.07, 6.45) is -0.465. The van der Waals surface area contributed by atoms with E-state index in [4.69, 9.17) is 14.6 Å². The molecule has 0 fully saturated rings. The molecule has 20 heavy (non-hydrogen) atoms. The normalized spacial score (nSPS) is 13.2. The van der Waals surface area contributed by atoms with Crippen LogP contribution in [0.1, 0.15) is 20.3 Å². The van der Waals surface area contributed by atoms with Crippen LogP contribution < -0.4 is 14.8 Å². The lowest BCUT2D eigenvalue weighted by Crippen LogP contribution is -2.45. The SMILES string of the molecule is CC[C@H](NC(=O)C(C)Oc1ccc(OC)cc1)C(=O)O. The van der Waals surface area contributed by atoms with Crippen LogP contribution in [0.25, 0.3) is 0 Å². The number of rotatable bonds is 7. The first-order valence-corrected chi connectivity index (χ1v) is 6.31. The van der Waals surface area contributed by atoms with E-state index in [2.05, 4.69) is 5.32 Å². The Morgan fingerprint density at radius 1 is 1.25 bits per heavy atom. The predicted molar refractivity (Wildman–Crippen MR) is 72.9 cm³/mol. The van der Waals surface area contributed by atoms with Crippen LogP contribution in [-0.4, -0.2) is 36.2 Å². The zero-order chi connectivity index (χ0) is 15.1. The van der Waals surface area contributed by atoms with E-state index in [0.29, 0.717) is 17.9 Å². The van der Waals surface area contributed by atoms with Gasteiger partial charge in [0.2, 0.25) is 0 Å². The summed E-state index contributed by atoms with van der Waals surface area (Å²) in [4.78, 5) is 22.7. The topological polar surface area (TPSA) is 84.9 Å². The van der Waals surface area contributed by atoms with Crippen LogP contribution in [0.3, 0.4) is 0 Å². The molecule has 0 aliphatic heterocycles. The molecule has 0 saturated heterocycles. The highest BCUT2D eigenvalue weighted by Gasteiger charge is 2.22. The van der Waals surface area contributed by atoms with E-state index >= 15 is 0 Å². The lowest BCUT2D eigenvalue weighted by Gasteiger charge is -2.18. The van der Waals surface area contributed by atoms with E-state index in [-0.39, 0.29) is 0 Å². The third-order valence-corrected chi connectivity index (χ3v) is 2.76. The molecule has 2 N–H and O–H groups in total. The summed E-state index contributed by atoms with van der Waals surface area (Å²) in [7, 11) is 1.56. The fourth-order valence-corrected chi connectivity index (χ4v) is 1.54. The maximum Gasteiger partial charge on any atom is 0.326 e. The van der Waals surface area contributed by atoms with Crippen LogP contribution in [0.4, 0.5) is 0 Å². The van der Waals surface area contributed by atoms with Gasteiger partial charge in [-0.15, -0.1) is 0 Å². The molecular weight excluding hydrogens is 262 g/mol. The second-order valence-corrected chi connectivity index (χ2v) is 4.24. The van der Waals surface area contributed by atoms with Gasteiger partial charge in [-0.2, -0.15) is 0 Å². The Labute approximate surface area is 117 Å². The molecular formula is C14H19NO5. The third-order valence-electron chi connectivity index (χ3n) is 2.76. The molecule has 0 aromatic heterocycles. The number of hydrogen-bond donors (Lipinski definition) is 2. The Morgan fingerprint density at radius 2 is 1.80 bits per heavy atom. The lowest BCUT2D eigenvalue weighted by molar-refractivity contribution is -0.143. The zero-order valence-electron chi connectivity index (χ0n) is 11.8. The van der Waals surface area contributed by atoms with Crippen molar-refractivity contribution in [1.82, 2.24) is 5.32 Å². The number of amides is 1. The maximum atomic E-state index is 11.8. The van der Waals surface area contributed by atoms with Gasteiger partial charge in [-0.25, -0.2) is 4.79 Å². The van der Waals surface area contributed by atoms with E-state index in [1.165, 1.54) is 0 Å². The number of carboxylic acid groups (broad SMARTS) is 1. The Kier molecular flexibility index (Phi) is 5.83. The van der Waals surface area contributed by atoms with Crippen molar-refractivity contribution >= 4 is 11.9 Å². The van der Waals surface area contributed by atoms with Gasteiger partial charge >= 0.3 is 5.97 Å². The third kappa shape index (κ3) is 4.46. The molecule has 0 saturated carbocycles. The summed E-state index contributed by atoms with van der Waals surface area (Å²) in [6.45, 7) is 3.25. The number of carbonyl (C=O) groups excluding carboxylic acids is 1. The summed E-state index contributed by atoms with van der Waals surface area (Å²) in [6, 6.07) is 5.89. The first-order valence-electron chi connectivity index (χ1n) is 6.31. The fourth-order valence-electron chi connectivity index (χ4n) is 1.54. The summed E-state index contributed by atoms with van der Waals surface area (Å²) in [5.74, 6) is -0.323. The Balaban J connectivity index is 2.58. The van der Waals surface area contributed by atoms with Crippen molar-refractivity contribution in [2.75, 3.05) is 7.11 Å². The van der Waals surface area contributed by atoms with E-state index in [9.17, 15) is 9.59 Å². The van der Waals surface area contributed by atoms with Crippen LogP contribution in [0, 0.1) is 0 Å². The minimum atomic E-state index is -1.06. The predicted octanol–water partition coefficient (Wildman–Crippen LogP) is 1.44. The van der Waals surface area contributed by atoms with Crippen LogP contribution in [0.5, 0.6) is 11.5 Å². The van der Waals surface area contributed by atoms with Gasteiger partial charge in [0.25, 0.3) is 5.91 Å². The zero-order valence-corrected chi connectivity index (χ0v) is 11.8. The monoisotopic (exact) mass is 281 g/mol. The van der Waals surface area contributed by atoms with Crippen LogP contribution in [0.2, 0.25) is 0 Å². The molecule has 1 rings (SSSR count). The summed E-state index contributed by atoms with van der Waals surface area (Å²) >= 11 is 0. The van der Waals surface area contributed by atoms with E-state index in [1.54, 1.807) is 45.2 Å². The molecule has 0 radical (unpaired) electrons. The molecule has 1 aromatic carbocycles. The Hall–Kier alpha value is -2.24. The summed E-state index contributed by atoms with van der Waals surface area (Å²) in [5, 5.41) is 11.3. The average molecular weight is 281 g/mol. The van der Waals surface area contributed by atoms with Crippen molar-refractivity contribution < 1.29 is 24.2 Å². The molecule has 2 atom stereocenters. The molecule has 0 spiro atoms. The standard InChI is InChI=1S/C14H19NO5/c1-4-12(14(17)18)15-13(16)9(2)20-11-7-5-10(19-3)6-8-11/h5-9,12H,4H2,1-3H3,(H,15,16)(H,17,18)/t9?,12-/m0/s1. The molecule has 0 aliphatic carbocycles. The number of nitrogens with one attached hydrogen (secondary N) is 1.